The summed E-state index contributed by atoms with van der Waals surface area (Å²) in [5.74, 6) is 1.79. The fourth-order valence-corrected chi connectivity index (χ4v) is 2.76. The minimum absolute atomic E-state index is 0. The molecular weight excluding hydrogens is 387 g/mol. The standard InChI is InChI=1S/C17H28N4.HI/c1-4-18-17(21-15-9-7-13(2)8-10-15)20-12-16-14(3)6-5-11-19-16;/h5-6,11,13,15H,4,7-10,12H2,1-3H3,(H2,18,20,21);1H. The smallest absolute Gasteiger partial charge is 0.191 e. The van der Waals surface area contributed by atoms with Crippen molar-refractivity contribution in [2.75, 3.05) is 6.54 Å². The summed E-state index contributed by atoms with van der Waals surface area (Å²) in [4.78, 5) is 9.09. The van der Waals surface area contributed by atoms with Gasteiger partial charge in [-0.25, -0.2) is 4.99 Å². The van der Waals surface area contributed by atoms with Crippen molar-refractivity contribution < 1.29 is 0 Å². The Morgan fingerprint density at radius 2 is 2.05 bits per heavy atom. The number of nitrogens with one attached hydrogen (secondary N) is 2. The van der Waals surface area contributed by atoms with Crippen molar-refractivity contribution >= 4 is 29.9 Å². The van der Waals surface area contributed by atoms with Gasteiger partial charge in [0.15, 0.2) is 5.96 Å². The van der Waals surface area contributed by atoms with Gasteiger partial charge in [0.05, 0.1) is 12.2 Å². The normalized spacial score (nSPS) is 21.9. The van der Waals surface area contributed by atoms with Gasteiger partial charge in [0, 0.05) is 18.8 Å². The molecule has 0 atom stereocenters. The van der Waals surface area contributed by atoms with Crippen LogP contribution in [0.1, 0.15) is 50.8 Å². The van der Waals surface area contributed by atoms with Crippen LogP contribution in [0.15, 0.2) is 23.3 Å². The molecule has 124 valence electrons. The van der Waals surface area contributed by atoms with Crippen molar-refractivity contribution in [3.05, 3.63) is 29.6 Å². The zero-order valence-electron chi connectivity index (χ0n) is 13.9. The third kappa shape index (κ3) is 6.10. The summed E-state index contributed by atoms with van der Waals surface area (Å²) in [7, 11) is 0. The van der Waals surface area contributed by atoms with E-state index in [9.17, 15) is 0 Å². The van der Waals surface area contributed by atoms with Gasteiger partial charge in [-0.2, -0.15) is 0 Å². The van der Waals surface area contributed by atoms with Gasteiger partial charge in [0.1, 0.15) is 0 Å². The zero-order valence-corrected chi connectivity index (χ0v) is 16.3. The van der Waals surface area contributed by atoms with Gasteiger partial charge in [0.2, 0.25) is 0 Å². The molecule has 0 bridgehead atoms. The van der Waals surface area contributed by atoms with E-state index in [2.05, 4.69) is 47.4 Å². The lowest BCUT2D eigenvalue weighted by molar-refractivity contribution is 0.329. The van der Waals surface area contributed by atoms with Crippen molar-refractivity contribution in [1.82, 2.24) is 15.6 Å². The van der Waals surface area contributed by atoms with E-state index in [0.29, 0.717) is 12.6 Å². The molecule has 1 aromatic heterocycles. The van der Waals surface area contributed by atoms with E-state index in [-0.39, 0.29) is 24.0 Å². The van der Waals surface area contributed by atoms with Gasteiger partial charge in [-0.05, 0) is 57.1 Å². The van der Waals surface area contributed by atoms with E-state index in [4.69, 9.17) is 0 Å². The number of nitrogens with zero attached hydrogens (tertiary/aromatic N) is 2. The Balaban J connectivity index is 0.00000242. The fraction of sp³-hybridized carbons (Fsp3) is 0.647. The molecule has 1 heterocycles. The van der Waals surface area contributed by atoms with E-state index < -0.39 is 0 Å². The summed E-state index contributed by atoms with van der Waals surface area (Å²) in [5.41, 5.74) is 2.25. The van der Waals surface area contributed by atoms with Crippen LogP contribution in [0.2, 0.25) is 0 Å². The number of aryl methyl sites for hydroxylation is 1. The average molecular weight is 416 g/mol. The summed E-state index contributed by atoms with van der Waals surface area (Å²) in [6.45, 7) is 8.05. The highest BCUT2D eigenvalue weighted by atomic mass is 127. The second-order valence-corrected chi connectivity index (χ2v) is 6.06. The Hall–Kier alpha value is -0.850. The topological polar surface area (TPSA) is 49.3 Å². The summed E-state index contributed by atoms with van der Waals surface area (Å²) < 4.78 is 0. The fourth-order valence-electron chi connectivity index (χ4n) is 2.76. The van der Waals surface area contributed by atoms with E-state index in [1.807, 2.05) is 12.3 Å². The van der Waals surface area contributed by atoms with E-state index >= 15 is 0 Å². The van der Waals surface area contributed by atoms with Crippen molar-refractivity contribution in [3.63, 3.8) is 0 Å². The number of guanidine groups is 1. The molecule has 1 aromatic rings. The number of pyridine rings is 1. The maximum absolute atomic E-state index is 4.69. The van der Waals surface area contributed by atoms with Gasteiger partial charge in [-0.3, -0.25) is 4.98 Å². The highest BCUT2D eigenvalue weighted by Gasteiger charge is 2.18. The van der Waals surface area contributed by atoms with Gasteiger partial charge in [-0.1, -0.05) is 13.0 Å². The minimum Gasteiger partial charge on any atom is -0.357 e. The molecular formula is C17H29IN4. The summed E-state index contributed by atoms with van der Waals surface area (Å²) in [5, 5.41) is 6.92. The molecule has 0 spiro atoms. The van der Waals surface area contributed by atoms with Crippen molar-refractivity contribution in [1.29, 1.82) is 0 Å². The number of hydrogen-bond donors (Lipinski definition) is 2. The number of halogens is 1. The highest BCUT2D eigenvalue weighted by Crippen LogP contribution is 2.23. The zero-order chi connectivity index (χ0) is 15.1. The SMILES string of the molecule is CCNC(=NCc1ncccc1C)NC1CCC(C)CC1.I. The molecule has 1 aliphatic rings. The molecule has 0 saturated heterocycles. The van der Waals surface area contributed by atoms with Crippen LogP contribution < -0.4 is 10.6 Å². The lowest BCUT2D eigenvalue weighted by atomic mass is 9.87. The van der Waals surface area contributed by atoms with Crippen LogP contribution >= 0.6 is 24.0 Å². The van der Waals surface area contributed by atoms with Gasteiger partial charge < -0.3 is 10.6 Å². The summed E-state index contributed by atoms with van der Waals surface area (Å²) >= 11 is 0. The Kier molecular flexibility index (Phi) is 8.75. The first-order chi connectivity index (χ1) is 10.2. The van der Waals surface area contributed by atoms with Crippen molar-refractivity contribution in [2.45, 2.75) is 59.0 Å². The van der Waals surface area contributed by atoms with E-state index in [0.717, 1.165) is 24.1 Å². The Morgan fingerprint density at radius 1 is 1.32 bits per heavy atom. The summed E-state index contributed by atoms with van der Waals surface area (Å²) in [6, 6.07) is 4.61. The quantitative estimate of drug-likeness (QED) is 0.448. The number of hydrogen-bond acceptors (Lipinski definition) is 2. The molecule has 0 aromatic carbocycles. The number of rotatable bonds is 4. The first-order valence-electron chi connectivity index (χ1n) is 8.14. The van der Waals surface area contributed by atoms with Crippen LogP contribution in [0, 0.1) is 12.8 Å². The van der Waals surface area contributed by atoms with E-state index in [1.165, 1.54) is 31.2 Å². The molecule has 4 nitrogen and oxygen atoms in total. The lowest BCUT2D eigenvalue weighted by Crippen LogP contribution is -2.44. The Labute approximate surface area is 151 Å². The molecule has 1 fully saturated rings. The molecule has 1 saturated carbocycles. The van der Waals surface area contributed by atoms with Crippen LogP contribution in [0.4, 0.5) is 0 Å². The minimum atomic E-state index is 0. The highest BCUT2D eigenvalue weighted by molar-refractivity contribution is 14.0. The van der Waals surface area contributed by atoms with Crippen LogP contribution in [-0.4, -0.2) is 23.5 Å². The predicted molar refractivity (Wildman–Crippen MR) is 104 cm³/mol. The number of aliphatic imine (C=N–C) groups is 1. The van der Waals surface area contributed by atoms with E-state index in [1.54, 1.807) is 0 Å². The van der Waals surface area contributed by atoms with Crippen molar-refractivity contribution in [2.24, 2.45) is 10.9 Å². The van der Waals surface area contributed by atoms with Gasteiger partial charge in [-0.15, -0.1) is 24.0 Å². The van der Waals surface area contributed by atoms with Gasteiger partial charge in [0.25, 0.3) is 0 Å². The monoisotopic (exact) mass is 416 g/mol. The first kappa shape index (κ1) is 19.2. The molecule has 22 heavy (non-hydrogen) atoms. The summed E-state index contributed by atoms with van der Waals surface area (Å²) in [6.07, 6.45) is 6.95. The van der Waals surface area contributed by atoms with Crippen molar-refractivity contribution in [3.8, 4) is 0 Å². The average Bonchev–Trinajstić information content (AvgIpc) is 2.49. The molecule has 0 amide bonds. The molecule has 0 aliphatic heterocycles. The van der Waals surface area contributed by atoms with Crippen LogP contribution in [0.5, 0.6) is 0 Å². The molecule has 5 heteroatoms. The molecule has 0 unspecified atom stereocenters. The third-order valence-corrected chi connectivity index (χ3v) is 4.21. The number of aromatic nitrogens is 1. The lowest BCUT2D eigenvalue weighted by Gasteiger charge is -2.28. The maximum atomic E-state index is 4.69. The first-order valence-corrected chi connectivity index (χ1v) is 8.14. The third-order valence-electron chi connectivity index (χ3n) is 4.21. The van der Waals surface area contributed by atoms with Crippen LogP contribution in [0.3, 0.4) is 0 Å². The second kappa shape index (κ2) is 10.0. The molecule has 0 radical (unpaired) electrons. The second-order valence-electron chi connectivity index (χ2n) is 6.06. The largest absolute Gasteiger partial charge is 0.357 e. The van der Waals surface area contributed by atoms with Gasteiger partial charge >= 0.3 is 0 Å². The molecule has 1 aliphatic carbocycles. The molecule has 2 N–H and O–H groups in total. The maximum Gasteiger partial charge on any atom is 0.191 e. The van der Waals surface area contributed by atoms with Crippen LogP contribution in [0.25, 0.3) is 0 Å². The Morgan fingerprint density at radius 3 is 2.68 bits per heavy atom. The predicted octanol–water partition coefficient (Wildman–Crippen LogP) is 3.64. The van der Waals surface area contributed by atoms with Crippen LogP contribution in [-0.2, 0) is 6.54 Å². The Bertz CT molecular complexity index is 467. The molecule has 2 rings (SSSR count).